The van der Waals surface area contributed by atoms with Crippen molar-refractivity contribution in [2.45, 2.75) is 58.1 Å². The van der Waals surface area contributed by atoms with Crippen LogP contribution < -0.4 is 16.0 Å². The van der Waals surface area contributed by atoms with Gasteiger partial charge in [0.15, 0.2) is 5.96 Å². The molecule has 7 nitrogen and oxygen atoms in total. The fraction of sp³-hybridized carbons (Fsp3) is 0.652. The van der Waals surface area contributed by atoms with Gasteiger partial charge in [-0.25, -0.2) is 4.79 Å². The van der Waals surface area contributed by atoms with Crippen molar-refractivity contribution in [3.63, 3.8) is 0 Å². The lowest BCUT2D eigenvalue weighted by Crippen LogP contribution is -2.41. The van der Waals surface area contributed by atoms with Gasteiger partial charge >= 0.3 is 6.09 Å². The first-order valence-corrected chi connectivity index (χ1v) is 11.1. The highest BCUT2D eigenvalue weighted by atomic mass is 127. The van der Waals surface area contributed by atoms with Crippen LogP contribution in [0, 0.1) is 5.92 Å². The Kier molecular flexibility index (Phi) is 9.87. The van der Waals surface area contributed by atoms with Crippen molar-refractivity contribution in [2.24, 2.45) is 10.9 Å². The zero-order valence-corrected chi connectivity index (χ0v) is 21.6. The van der Waals surface area contributed by atoms with Crippen molar-refractivity contribution in [3.05, 3.63) is 29.8 Å². The normalized spacial score (nSPS) is 19.5. The Bertz CT molecular complexity index is 728. The fourth-order valence-electron chi connectivity index (χ4n) is 3.76. The van der Waals surface area contributed by atoms with E-state index in [2.05, 4.69) is 25.8 Å². The van der Waals surface area contributed by atoms with Crippen molar-refractivity contribution < 1.29 is 9.53 Å². The number of guanidine groups is 1. The van der Waals surface area contributed by atoms with Crippen LogP contribution in [0.3, 0.4) is 0 Å². The first-order chi connectivity index (χ1) is 14.3. The summed E-state index contributed by atoms with van der Waals surface area (Å²) in [7, 11) is 1.82. The number of likely N-dealkylation sites (tertiary alicyclic amines) is 1. The maximum Gasteiger partial charge on any atom is 0.412 e. The molecular formula is C23H38IN5O2. The third kappa shape index (κ3) is 9.22. The maximum atomic E-state index is 11.8. The molecule has 1 unspecified atom stereocenters. The molecule has 0 radical (unpaired) electrons. The number of ether oxygens (including phenoxy) is 1. The van der Waals surface area contributed by atoms with E-state index in [0.29, 0.717) is 5.92 Å². The number of aliphatic imine (C=N–C) groups is 1. The lowest BCUT2D eigenvalue weighted by Gasteiger charge is -2.19. The molecular weight excluding hydrogens is 505 g/mol. The summed E-state index contributed by atoms with van der Waals surface area (Å²) in [5, 5.41) is 9.63. The molecule has 1 aliphatic carbocycles. The first kappa shape index (κ1) is 25.7. The van der Waals surface area contributed by atoms with Gasteiger partial charge in [-0.15, -0.1) is 24.0 Å². The number of carbonyl (C=O) groups excluding carboxylic acids is 1. The first-order valence-electron chi connectivity index (χ1n) is 11.1. The molecule has 1 aromatic carbocycles. The number of hydrogen-bond acceptors (Lipinski definition) is 4. The number of anilines is 1. The summed E-state index contributed by atoms with van der Waals surface area (Å²) in [6.07, 6.45) is 4.51. The number of rotatable bonds is 7. The minimum atomic E-state index is -0.503. The molecule has 1 saturated heterocycles. The molecule has 1 aromatic rings. The summed E-state index contributed by atoms with van der Waals surface area (Å²) in [6.45, 7) is 9.80. The van der Waals surface area contributed by atoms with Crippen LogP contribution in [0.4, 0.5) is 10.5 Å². The van der Waals surface area contributed by atoms with Crippen molar-refractivity contribution in [1.82, 2.24) is 15.5 Å². The summed E-state index contributed by atoms with van der Waals surface area (Å²) >= 11 is 0. The van der Waals surface area contributed by atoms with E-state index in [1.54, 1.807) is 0 Å². The van der Waals surface area contributed by atoms with E-state index in [9.17, 15) is 4.79 Å². The van der Waals surface area contributed by atoms with E-state index in [0.717, 1.165) is 37.2 Å². The standard InChI is InChI=1S/C23H37N5O2.HI/c1-23(2,3)30-22(29)27-19-7-5-17(6-8-19)11-13-25-21(24-4)26-15-18-12-14-28(16-18)20-9-10-20;/h5-8,18,20H,9-16H2,1-4H3,(H,27,29)(H2,24,25,26);1H. The third-order valence-corrected chi connectivity index (χ3v) is 5.47. The minimum absolute atomic E-state index is 0. The average molecular weight is 543 g/mol. The van der Waals surface area contributed by atoms with Gasteiger partial charge in [0.1, 0.15) is 5.60 Å². The molecule has 3 N–H and O–H groups in total. The Morgan fingerprint density at radius 2 is 1.87 bits per heavy atom. The summed E-state index contributed by atoms with van der Waals surface area (Å²) < 4.78 is 5.27. The maximum absolute atomic E-state index is 11.8. The van der Waals surface area contributed by atoms with Crippen molar-refractivity contribution in [1.29, 1.82) is 0 Å². The highest BCUT2D eigenvalue weighted by Crippen LogP contribution is 2.31. The van der Waals surface area contributed by atoms with Crippen LogP contribution in [0.2, 0.25) is 0 Å². The monoisotopic (exact) mass is 543 g/mol. The summed E-state index contributed by atoms with van der Waals surface area (Å²) in [6, 6.07) is 8.72. The molecule has 1 amide bonds. The number of hydrogen-bond donors (Lipinski definition) is 3. The second-order valence-corrected chi connectivity index (χ2v) is 9.33. The van der Waals surface area contributed by atoms with Gasteiger partial charge in [0, 0.05) is 38.4 Å². The van der Waals surface area contributed by atoms with E-state index in [1.807, 2.05) is 52.1 Å². The number of carbonyl (C=O) groups is 1. The van der Waals surface area contributed by atoms with Crippen molar-refractivity contribution in [3.8, 4) is 0 Å². The Labute approximate surface area is 203 Å². The van der Waals surface area contributed by atoms with Gasteiger partial charge in [0.25, 0.3) is 0 Å². The second kappa shape index (κ2) is 11.9. The highest BCUT2D eigenvalue weighted by Gasteiger charge is 2.34. The molecule has 0 aromatic heterocycles. The van der Waals surface area contributed by atoms with E-state index in [1.165, 1.54) is 37.9 Å². The number of benzene rings is 1. The molecule has 3 rings (SSSR count). The topological polar surface area (TPSA) is 78.0 Å². The Morgan fingerprint density at radius 1 is 1.16 bits per heavy atom. The number of nitrogens with one attached hydrogen (secondary N) is 3. The second-order valence-electron chi connectivity index (χ2n) is 9.33. The van der Waals surface area contributed by atoms with Crippen LogP contribution in [0.15, 0.2) is 29.3 Å². The molecule has 31 heavy (non-hydrogen) atoms. The fourth-order valence-corrected chi connectivity index (χ4v) is 3.76. The molecule has 174 valence electrons. The van der Waals surface area contributed by atoms with E-state index in [-0.39, 0.29) is 24.0 Å². The quantitative estimate of drug-likeness (QED) is 0.277. The Morgan fingerprint density at radius 3 is 2.48 bits per heavy atom. The molecule has 1 heterocycles. The summed E-state index contributed by atoms with van der Waals surface area (Å²) in [4.78, 5) is 18.8. The lowest BCUT2D eigenvalue weighted by atomic mass is 10.1. The van der Waals surface area contributed by atoms with Crippen molar-refractivity contribution >= 4 is 41.7 Å². The lowest BCUT2D eigenvalue weighted by molar-refractivity contribution is 0.0636. The minimum Gasteiger partial charge on any atom is -0.444 e. The zero-order valence-electron chi connectivity index (χ0n) is 19.2. The van der Waals surface area contributed by atoms with E-state index in [4.69, 9.17) is 4.74 Å². The zero-order chi connectivity index (χ0) is 21.6. The average Bonchev–Trinajstić information content (AvgIpc) is 3.42. The number of halogens is 1. The van der Waals surface area contributed by atoms with Gasteiger partial charge in [0.2, 0.25) is 0 Å². The largest absolute Gasteiger partial charge is 0.444 e. The van der Waals surface area contributed by atoms with Crippen LogP contribution in [0.1, 0.15) is 45.6 Å². The summed E-state index contributed by atoms with van der Waals surface area (Å²) in [5.74, 6) is 1.58. The molecule has 0 bridgehead atoms. The van der Waals surface area contributed by atoms with Gasteiger partial charge in [0.05, 0.1) is 0 Å². The summed E-state index contributed by atoms with van der Waals surface area (Å²) in [5.41, 5.74) is 1.43. The molecule has 2 aliphatic rings. The van der Waals surface area contributed by atoms with Gasteiger partial charge in [-0.2, -0.15) is 0 Å². The van der Waals surface area contributed by atoms with E-state index >= 15 is 0 Å². The van der Waals surface area contributed by atoms with Crippen molar-refractivity contribution in [2.75, 3.05) is 38.5 Å². The van der Waals surface area contributed by atoms with Crippen LogP contribution in [-0.4, -0.2) is 61.8 Å². The van der Waals surface area contributed by atoms with E-state index < -0.39 is 11.7 Å². The van der Waals surface area contributed by atoms with Crippen LogP contribution in [0.5, 0.6) is 0 Å². The SMILES string of the molecule is CN=C(NCCc1ccc(NC(=O)OC(C)(C)C)cc1)NCC1CCN(C2CC2)C1.I. The van der Waals surface area contributed by atoms with Gasteiger partial charge in [-0.05, 0) is 76.6 Å². The number of nitrogens with zero attached hydrogens (tertiary/aromatic N) is 2. The van der Waals surface area contributed by atoms with Gasteiger partial charge < -0.3 is 20.3 Å². The predicted molar refractivity (Wildman–Crippen MR) is 137 cm³/mol. The Balaban J connectivity index is 0.00000341. The van der Waals surface area contributed by atoms with Gasteiger partial charge in [-0.1, -0.05) is 12.1 Å². The number of amides is 1. The Hall–Kier alpha value is -1.55. The smallest absolute Gasteiger partial charge is 0.412 e. The molecule has 1 atom stereocenters. The molecule has 1 saturated carbocycles. The predicted octanol–water partition coefficient (Wildman–Crippen LogP) is 3.84. The van der Waals surface area contributed by atoms with Crippen LogP contribution in [-0.2, 0) is 11.2 Å². The highest BCUT2D eigenvalue weighted by molar-refractivity contribution is 14.0. The molecule has 2 fully saturated rings. The molecule has 1 aliphatic heterocycles. The van der Waals surface area contributed by atoms with Crippen LogP contribution >= 0.6 is 24.0 Å². The van der Waals surface area contributed by atoms with Crippen LogP contribution in [0.25, 0.3) is 0 Å². The molecule has 0 spiro atoms. The molecule has 8 heteroatoms. The third-order valence-electron chi connectivity index (χ3n) is 5.47. The van der Waals surface area contributed by atoms with Gasteiger partial charge in [-0.3, -0.25) is 10.3 Å².